The van der Waals surface area contributed by atoms with Crippen molar-refractivity contribution in [2.45, 2.75) is 37.3 Å². The Balaban J connectivity index is 1.52. The highest BCUT2D eigenvalue weighted by Crippen LogP contribution is 2.26. The van der Waals surface area contributed by atoms with E-state index >= 15 is 0 Å². The van der Waals surface area contributed by atoms with Crippen LogP contribution in [0, 0.1) is 5.92 Å². The molecular formula is C27H32N4O7S. The first-order valence-electron chi connectivity index (χ1n) is 12.4. The zero-order valence-corrected chi connectivity index (χ0v) is 22.4. The number of carbonyl (C=O) groups is 1. The molecule has 0 saturated heterocycles. The van der Waals surface area contributed by atoms with Crippen molar-refractivity contribution in [3.8, 4) is 0 Å². The van der Waals surface area contributed by atoms with Gasteiger partial charge in [-0.15, -0.1) is 0 Å². The van der Waals surface area contributed by atoms with Crippen LogP contribution >= 0.6 is 0 Å². The molecule has 3 aromatic rings. The Morgan fingerprint density at radius 2 is 1.77 bits per heavy atom. The normalized spacial score (nSPS) is 15.2. The van der Waals surface area contributed by atoms with E-state index in [1.54, 1.807) is 35.5 Å². The summed E-state index contributed by atoms with van der Waals surface area (Å²) in [5.41, 5.74) is 4.16. The van der Waals surface area contributed by atoms with Gasteiger partial charge in [-0.2, -0.15) is 4.31 Å². The Morgan fingerprint density at radius 3 is 2.38 bits per heavy atom. The molecule has 2 aromatic carbocycles. The van der Waals surface area contributed by atoms with Crippen molar-refractivity contribution in [2.75, 3.05) is 18.1 Å². The molecule has 4 N–H and O–H groups in total. The highest BCUT2D eigenvalue weighted by molar-refractivity contribution is 7.89. The smallest absolute Gasteiger partial charge is 0.404 e. The highest BCUT2D eigenvalue weighted by Gasteiger charge is 2.31. The quantitative estimate of drug-likeness (QED) is 0.264. The minimum absolute atomic E-state index is 0.0395. The Kier molecular flexibility index (Phi) is 8.92. The molecule has 0 aliphatic carbocycles. The zero-order chi connectivity index (χ0) is 28.0. The summed E-state index contributed by atoms with van der Waals surface area (Å²) >= 11 is 0. The van der Waals surface area contributed by atoms with E-state index in [1.165, 1.54) is 22.7 Å². The topological polar surface area (TPSA) is 145 Å². The number of carboxylic acid groups (broad SMARTS) is 1. The van der Waals surface area contributed by atoms with Gasteiger partial charge in [-0.1, -0.05) is 49.8 Å². The first-order valence-corrected chi connectivity index (χ1v) is 13.9. The van der Waals surface area contributed by atoms with Crippen LogP contribution < -0.4 is 15.9 Å². The van der Waals surface area contributed by atoms with Gasteiger partial charge in [-0.3, -0.25) is 0 Å². The summed E-state index contributed by atoms with van der Waals surface area (Å²) in [7, 11) is -4.02. The summed E-state index contributed by atoms with van der Waals surface area (Å²) in [5, 5.41) is 24.3. The number of hydrazine groups is 1. The number of anilines is 1. The minimum atomic E-state index is -4.02. The predicted octanol–water partition coefficient (Wildman–Crippen LogP) is 3.42. The van der Waals surface area contributed by atoms with Crippen LogP contribution in [0.25, 0.3) is 5.76 Å². The second-order valence-electron chi connectivity index (χ2n) is 9.56. The lowest BCUT2D eigenvalue weighted by molar-refractivity contribution is 0.0980. The van der Waals surface area contributed by atoms with E-state index in [9.17, 15) is 23.4 Å². The molecule has 0 unspecified atom stereocenters. The van der Waals surface area contributed by atoms with Crippen molar-refractivity contribution in [3.05, 3.63) is 90.5 Å². The Hall–Kier alpha value is -3.84. The standard InChI is InChI=1S/C27H32N4O7S/c1-19(2)16-30(17-24(32)23(28-27(33)34)15-20-7-4-3-5-8-20)39(35,36)22-12-10-21(11-13-22)31-18-26(38-29-31)25-9-6-14-37-25/h3-14,18-19,23-24,28-29,32H,15-17H2,1-2H3,(H,33,34)/t23-,24+/m0/s1. The molecule has 2 atom stereocenters. The molecule has 0 saturated carbocycles. The summed E-state index contributed by atoms with van der Waals surface area (Å²) in [5.74, 6) is 0.964. The molecule has 0 fully saturated rings. The van der Waals surface area contributed by atoms with Crippen molar-refractivity contribution in [2.24, 2.45) is 5.92 Å². The van der Waals surface area contributed by atoms with Crippen LogP contribution in [0.1, 0.15) is 25.2 Å². The number of sulfonamides is 1. The van der Waals surface area contributed by atoms with E-state index in [1.807, 2.05) is 44.2 Å². The fourth-order valence-electron chi connectivity index (χ4n) is 4.18. The molecular weight excluding hydrogens is 524 g/mol. The van der Waals surface area contributed by atoms with Crippen molar-refractivity contribution >= 4 is 27.6 Å². The van der Waals surface area contributed by atoms with Gasteiger partial charge < -0.3 is 24.8 Å². The zero-order valence-electron chi connectivity index (χ0n) is 21.6. The monoisotopic (exact) mass is 556 g/mol. The van der Waals surface area contributed by atoms with Crippen molar-refractivity contribution < 1.29 is 32.7 Å². The van der Waals surface area contributed by atoms with E-state index in [4.69, 9.17) is 9.25 Å². The molecule has 0 spiro atoms. The third kappa shape index (κ3) is 7.18. The number of hydrogen-bond acceptors (Lipinski definition) is 8. The number of amides is 1. The predicted molar refractivity (Wildman–Crippen MR) is 145 cm³/mol. The number of benzene rings is 2. The number of aliphatic hydroxyl groups excluding tert-OH is 1. The van der Waals surface area contributed by atoms with Crippen LogP contribution in [-0.4, -0.2) is 54.3 Å². The molecule has 1 aliphatic rings. The Bertz CT molecular complexity index is 1360. The van der Waals surface area contributed by atoms with Crippen LogP contribution in [-0.2, 0) is 21.3 Å². The summed E-state index contributed by atoms with van der Waals surface area (Å²) in [6.07, 6.45) is 0.824. The lowest BCUT2D eigenvalue weighted by atomic mass is 10.0. The lowest BCUT2D eigenvalue weighted by Crippen LogP contribution is -2.50. The molecule has 2 heterocycles. The summed E-state index contributed by atoms with van der Waals surface area (Å²) < 4.78 is 33.8. The Morgan fingerprint density at radius 1 is 1.05 bits per heavy atom. The number of nitrogens with one attached hydrogen (secondary N) is 2. The molecule has 0 bridgehead atoms. The third-order valence-electron chi connectivity index (χ3n) is 6.05. The summed E-state index contributed by atoms with van der Waals surface area (Å²) in [6, 6.07) is 17.9. The molecule has 12 heteroatoms. The number of nitrogens with zero attached hydrogens (tertiary/aromatic N) is 2. The van der Waals surface area contributed by atoms with Crippen LogP contribution in [0.4, 0.5) is 10.5 Å². The van der Waals surface area contributed by atoms with E-state index in [0.717, 1.165) is 5.56 Å². The van der Waals surface area contributed by atoms with Gasteiger partial charge in [0, 0.05) is 13.1 Å². The fraction of sp³-hybridized carbons (Fsp3) is 0.296. The molecule has 0 radical (unpaired) electrons. The maximum atomic E-state index is 13.6. The second kappa shape index (κ2) is 12.3. The van der Waals surface area contributed by atoms with Crippen LogP contribution in [0.5, 0.6) is 0 Å². The molecule has 11 nitrogen and oxygen atoms in total. The SMILES string of the molecule is CC(C)CN(C[C@@H](O)[C@H](Cc1ccccc1)NC(=O)O)S(=O)(=O)c1ccc(N2C=C(c3ccco3)ON2)cc1. The summed E-state index contributed by atoms with van der Waals surface area (Å²) in [4.78, 5) is 16.9. The van der Waals surface area contributed by atoms with Crippen LogP contribution in [0.2, 0.25) is 0 Å². The molecule has 39 heavy (non-hydrogen) atoms. The maximum absolute atomic E-state index is 13.6. The first-order chi connectivity index (χ1) is 18.6. The molecule has 4 rings (SSSR count). The van der Waals surface area contributed by atoms with Gasteiger partial charge in [0.05, 0.1) is 35.2 Å². The van der Waals surface area contributed by atoms with Crippen molar-refractivity contribution in [1.29, 1.82) is 0 Å². The molecule has 208 valence electrons. The molecule has 1 aliphatic heterocycles. The van der Waals surface area contributed by atoms with Gasteiger partial charge in [0.25, 0.3) is 0 Å². The fourth-order valence-corrected chi connectivity index (χ4v) is 5.80. The minimum Gasteiger partial charge on any atom is -0.465 e. The first kappa shape index (κ1) is 28.2. The van der Waals surface area contributed by atoms with E-state index in [2.05, 4.69) is 10.9 Å². The van der Waals surface area contributed by atoms with E-state index in [0.29, 0.717) is 17.2 Å². The van der Waals surface area contributed by atoms with Gasteiger partial charge >= 0.3 is 6.09 Å². The Labute approximate surface area is 227 Å². The molecule has 1 aromatic heterocycles. The number of rotatable bonds is 12. The number of furan rings is 1. The van der Waals surface area contributed by atoms with Crippen molar-refractivity contribution in [1.82, 2.24) is 15.2 Å². The second-order valence-corrected chi connectivity index (χ2v) is 11.5. The molecule has 1 amide bonds. The largest absolute Gasteiger partial charge is 0.465 e. The lowest BCUT2D eigenvalue weighted by Gasteiger charge is -2.30. The summed E-state index contributed by atoms with van der Waals surface area (Å²) in [6.45, 7) is 3.60. The average molecular weight is 557 g/mol. The third-order valence-corrected chi connectivity index (χ3v) is 7.89. The van der Waals surface area contributed by atoms with E-state index in [-0.39, 0.29) is 30.3 Å². The van der Waals surface area contributed by atoms with Crippen LogP contribution in [0.15, 0.2) is 88.5 Å². The maximum Gasteiger partial charge on any atom is 0.404 e. The van der Waals surface area contributed by atoms with Gasteiger partial charge in [0.1, 0.15) is 0 Å². The number of aliphatic hydroxyl groups is 1. The number of hydrogen-bond donors (Lipinski definition) is 4. The van der Waals surface area contributed by atoms with Gasteiger partial charge in [0.15, 0.2) is 5.76 Å². The van der Waals surface area contributed by atoms with Gasteiger partial charge in [-0.05, 0) is 54.3 Å². The average Bonchev–Trinajstić information content (AvgIpc) is 3.61. The van der Waals surface area contributed by atoms with Crippen molar-refractivity contribution in [3.63, 3.8) is 0 Å². The van der Waals surface area contributed by atoms with Gasteiger partial charge in [-0.25, -0.2) is 18.2 Å². The van der Waals surface area contributed by atoms with E-state index < -0.39 is 28.3 Å². The van der Waals surface area contributed by atoms with Gasteiger partial charge in [0.2, 0.25) is 15.8 Å². The van der Waals surface area contributed by atoms with Crippen LogP contribution in [0.3, 0.4) is 0 Å². The highest BCUT2D eigenvalue weighted by atomic mass is 32.2.